The van der Waals surface area contributed by atoms with Crippen LogP contribution in [0.1, 0.15) is 42.1 Å². The number of carbonyl (C=O) groups is 1. The predicted octanol–water partition coefficient (Wildman–Crippen LogP) is 3.31. The highest BCUT2D eigenvalue weighted by Crippen LogP contribution is 2.20. The van der Waals surface area contributed by atoms with E-state index in [4.69, 9.17) is 4.74 Å². The molecule has 1 heterocycles. The fraction of sp³-hybridized carbons (Fsp3) is 0.588. The minimum Gasteiger partial charge on any atom is -0.497 e. The monoisotopic (exact) mass is 275 g/mol. The second kappa shape index (κ2) is 6.89. The van der Waals surface area contributed by atoms with Crippen molar-refractivity contribution >= 4 is 5.78 Å². The Morgan fingerprint density at radius 1 is 1.45 bits per heavy atom. The Morgan fingerprint density at radius 2 is 2.25 bits per heavy atom. The number of rotatable bonds is 5. The Balaban J connectivity index is 1.94. The quantitative estimate of drug-likeness (QED) is 0.772. The zero-order chi connectivity index (χ0) is 14.5. The first-order chi connectivity index (χ1) is 9.60. The first-order valence-corrected chi connectivity index (χ1v) is 7.50. The highest BCUT2D eigenvalue weighted by atomic mass is 16.5. The molecule has 1 fully saturated rings. The summed E-state index contributed by atoms with van der Waals surface area (Å²) in [7, 11) is 1.63. The third-order valence-electron chi connectivity index (χ3n) is 4.14. The molecular weight excluding hydrogens is 250 g/mol. The van der Waals surface area contributed by atoms with Crippen LogP contribution in [0.25, 0.3) is 0 Å². The maximum atomic E-state index is 12.4. The van der Waals surface area contributed by atoms with Crippen molar-refractivity contribution in [1.82, 2.24) is 4.90 Å². The Kier molecular flexibility index (Phi) is 5.18. The molecule has 1 saturated heterocycles. The molecule has 1 unspecified atom stereocenters. The molecule has 2 rings (SSSR count). The van der Waals surface area contributed by atoms with Crippen LogP contribution in [0.2, 0.25) is 0 Å². The summed E-state index contributed by atoms with van der Waals surface area (Å²) < 4.78 is 5.21. The van der Waals surface area contributed by atoms with Crippen LogP contribution in [0.5, 0.6) is 5.75 Å². The number of hydrogen-bond acceptors (Lipinski definition) is 3. The van der Waals surface area contributed by atoms with E-state index in [0.29, 0.717) is 6.42 Å². The summed E-state index contributed by atoms with van der Waals surface area (Å²) in [6.07, 6.45) is 3.17. The van der Waals surface area contributed by atoms with Gasteiger partial charge < -0.3 is 9.64 Å². The Bertz CT molecular complexity index is 470. The third-order valence-corrected chi connectivity index (χ3v) is 4.14. The van der Waals surface area contributed by atoms with Crippen LogP contribution in [0.4, 0.5) is 0 Å². The number of benzene rings is 1. The summed E-state index contributed by atoms with van der Waals surface area (Å²) in [5, 5.41) is 0. The van der Waals surface area contributed by atoms with Gasteiger partial charge in [-0.25, -0.2) is 0 Å². The van der Waals surface area contributed by atoms with Crippen LogP contribution in [0.3, 0.4) is 0 Å². The lowest BCUT2D eigenvalue weighted by atomic mass is 9.99. The summed E-state index contributed by atoms with van der Waals surface area (Å²) >= 11 is 0. The number of ether oxygens (including phenoxy) is 1. The van der Waals surface area contributed by atoms with Gasteiger partial charge in [0, 0.05) is 25.1 Å². The molecule has 0 bridgehead atoms. The molecule has 1 aliphatic heterocycles. The number of likely N-dealkylation sites (tertiary alicyclic amines) is 1. The summed E-state index contributed by atoms with van der Waals surface area (Å²) in [6.45, 7) is 7.41. The lowest BCUT2D eigenvalue weighted by molar-refractivity contribution is 0.0948. The third kappa shape index (κ3) is 3.83. The largest absolute Gasteiger partial charge is 0.497 e. The Hall–Kier alpha value is -1.35. The summed E-state index contributed by atoms with van der Waals surface area (Å²) in [4.78, 5) is 14.8. The normalized spacial score (nSPS) is 19.9. The van der Waals surface area contributed by atoms with Gasteiger partial charge in [-0.2, -0.15) is 0 Å². The zero-order valence-corrected chi connectivity index (χ0v) is 12.8. The second-order valence-electron chi connectivity index (χ2n) is 5.90. The van der Waals surface area contributed by atoms with Crippen molar-refractivity contribution in [2.24, 2.45) is 5.92 Å². The van der Waals surface area contributed by atoms with Gasteiger partial charge in [-0.1, -0.05) is 13.0 Å². The smallest absolute Gasteiger partial charge is 0.164 e. The Morgan fingerprint density at radius 3 is 2.95 bits per heavy atom. The zero-order valence-electron chi connectivity index (χ0n) is 12.8. The van der Waals surface area contributed by atoms with E-state index in [1.165, 1.54) is 12.8 Å². The van der Waals surface area contributed by atoms with Crippen molar-refractivity contribution in [2.45, 2.75) is 33.1 Å². The van der Waals surface area contributed by atoms with E-state index in [-0.39, 0.29) is 5.78 Å². The van der Waals surface area contributed by atoms with Gasteiger partial charge in [-0.3, -0.25) is 4.79 Å². The lowest BCUT2D eigenvalue weighted by Crippen LogP contribution is -2.35. The molecule has 0 aliphatic carbocycles. The van der Waals surface area contributed by atoms with Crippen molar-refractivity contribution in [3.63, 3.8) is 0 Å². The fourth-order valence-corrected chi connectivity index (χ4v) is 2.91. The van der Waals surface area contributed by atoms with E-state index in [0.717, 1.165) is 42.4 Å². The van der Waals surface area contributed by atoms with Crippen molar-refractivity contribution in [3.05, 3.63) is 29.3 Å². The molecule has 0 amide bonds. The number of carbonyl (C=O) groups excluding carboxylic acids is 1. The standard InChI is InChI=1S/C17H25NO2/c1-13-5-4-9-18(12-13)10-8-17(19)16-11-15(20-3)7-6-14(16)2/h6-7,11,13H,4-5,8-10,12H2,1-3H3. The number of aryl methyl sites for hydroxylation is 1. The van der Waals surface area contributed by atoms with Crippen LogP contribution in [0, 0.1) is 12.8 Å². The van der Waals surface area contributed by atoms with E-state index in [9.17, 15) is 4.79 Å². The van der Waals surface area contributed by atoms with Gasteiger partial charge in [0.05, 0.1) is 7.11 Å². The number of nitrogens with zero attached hydrogens (tertiary/aromatic N) is 1. The molecule has 0 radical (unpaired) electrons. The molecule has 1 aromatic rings. The molecular formula is C17H25NO2. The van der Waals surface area contributed by atoms with E-state index in [2.05, 4.69) is 11.8 Å². The lowest BCUT2D eigenvalue weighted by Gasteiger charge is -2.30. The molecule has 20 heavy (non-hydrogen) atoms. The van der Waals surface area contributed by atoms with Crippen molar-refractivity contribution in [2.75, 3.05) is 26.7 Å². The van der Waals surface area contributed by atoms with Crippen LogP contribution >= 0.6 is 0 Å². The molecule has 3 nitrogen and oxygen atoms in total. The van der Waals surface area contributed by atoms with Gasteiger partial charge in [0.2, 0.25) is 0 Å². The number of Topliss-reactive ketones (excluding diaryl/α,β-unsaturated/α-hetero) is 1. The summed E-state index contributed by atoms with van der Waals surface area (Å²) in [6, 6.07) is 5.71. The first kappa shape index (κ1) is 15.0. The van der Waals surface area contributed by atoms with Crippen LogP contribution in [-0.2, 0) is 0 Å². The molecule has 110 valence electrons. The number of piperidine rings is 1. The van der Waals surface area contributed by atoms with Crippen molar-refractivity contribution in [1.29, 1.82) is 0 Å². The molecule has 0 N–H and O–H groups in total. The first-order valence-electron chi connectivity index (χ1n) is 7.50. The predicted molar refractivity (Wildman–Crippen MR) is 81.5 cm³/mol. The van der Waals surface area contributed by atoms with Crippen LogP contribution in [0.15, 0.2) is 18.2 Å². The number of ketones is 1. The average molecular weight is 275 g/mol. The van der Waals surface area contributed by atoms with Gasteiger partial charge in [-0.15, -0.1) is 0 Å². The molecule has 1 aliphatic rings. The molecule has 0 saturated carbocycles. The topological polar surface area (TPSA) is 29.5 Å². The summed E-state index contributed by atoms with van der Waals surface area (Å²) in [5.74, 6) is 1.74. The molecule has 0 spiro atoms. The van der Waals surface area contributed by atoms with Gasteiger partial charge >= 0.3 is 0 Å². The van der Waals surface area contributed by atoms with Gasteiger partial charge in [0.1, 0.15) is 5.75 Å². The SMILES string of the molecule is COc1ccc(C)c(C(=O)CCN2CCCC(C)C2)c1. The maximum Gasteiger partial charge on any atom is 0.164 e. The van der Waals surface area contributed by atoms with Gasteiger partial charge in [0.25, 0.3) is 0 Å². The van der Waals surface area contributed by atoms with Crippen molar-refractivity contribution in [3.8, 4) is 5.75 Å². The highest BCUT2D eigenvalue weighted by molar-refractivity contribution is 5.97. The maximum absolute atomic E-state index is 12.4. The summed E-state index contributed by atoms with van der Waals surface area (Å²) in [5.41, 5.74) is 1.83. The van der Waals surface area contributed by atoms with E-state index in [1.54, 1.807) is 7.11 Å². The average Bonchev–Trinajstić information content (AvgIpc) is 2.45. The second-order valence-corrected chi connectivity index (χ2v) is 5.90. The van der Waals surface area contributed by atoms with E-state index < -0.39 is 0 Å². The van der Waals surface area contributed by atoms with E-state index in [1.807, 2.05) is 25.1 Å². The van der Waals surface area contributed by atoms with Crippen LogP contribution < -0.4 is 4.74 Å². The highest BCUT2D eigenvalue weighted by Gasteiger charge is 2.18. The fourth-order valence-electron chi connectivity index (χ4n) is 2.91. The molecule has 1 atom stereocenters. The van der Waals surface area contributed by atoms with Crippen molar-refractivity contribution < 1.29 is 9.53 Å². The van der Waals surface area contributed by atoms with Gasteiger partial charge in [0.15, 0.2) is 5.78 Å². The van der Waals surface area contributed by atoms with E-state index >= 15 is 0 Å². The molecule has 3 heteroatoms. The minimum absolute atomic E-state index is 0.222. The Labute approximate surface area is 121 Å². The minimum atomic E-state index is 0.222. The molecule has 1 aromatic carbocycles. The number of hydrogen-bond donors (Lipinski definition) is 0. The van der Waals surface area contributed by atoms with Crippen LogP contribution in [-0.4, -0.2) is 37.4 Å². The number of methoxy groups -OCH3 is 1. The molecule has 0 aromatic heterocycles. The van der Waals surface area contributed by atoms with Gasteiger partial charge in [-0.05, 0) is 49.9 Å².